The van der Waals surface area contributed by atoms with E-state index in [2.05, 4.69) is 17.1 Å². The van der Waals surface area contributed by atoms with Crippen molar-refractivity contribution in [3.63, 3.8) is 0 Å². The van der Waals surface area contributed by atoms with Crippen LogP contribution in [0.4, 0.5) is 0 Å². The van der Waals surface area contributed by atoms with Crippen LogP contribution >= 0.6 is 0 Å². The number of nitrogens with one attached hydrogen (secondary N) is 1. The number of hydrogen-bond acceptors (Lipinski definition) is 4. The van der Waals surface area contributed by atoms with E-state index in [-0.39, 0.29) is 17.2 Å². The molecule has 1 atom stereocenters. The Hall–Kier alpha value is -1.82. The normalized spacial score (nSPS) is 26.7. The van der Waals surface area contributed by atoms with Gasteiger partial charge in [-0.15, -0.1) is 0 Å². The topological polar surface area (TPSA) is 65.8 Å². The predicted octanol–water partition coefficient (Wildman–Crippen LogP) is 2.18. The summed E-state index contributed by atoms with van der Waals surface area (Å²) in [4.78, 5) is 29.6. The molecule has 3 fully saturated rings. The minimum atomic E-state index is -0.382. The van der Waals surface area contributed by atoms with Crippen molar-refractivity contribution in [2.75, 3.05) is 32.7 Å². The summed E-state index contributed by atoms with van der Waals surface area (Å²) >= 11 is 0. The number of aryl methyl sites for hydroxylation is 1. The molecule has 4 rings (SSSR count). The maximum absolute atomic E-state index is 13.0. The third kappa shape index (κ3) is 3.15. The van der Waals surface area contributed by atoms with Crippen molar-refractivity contribution in [3.8, 4) is 0 Å². The summed E-state index contributed by atoms with van der Waals surface area (Å²) < 4.78 is 5.93. The lowest BCUT2D eigenvalue weighted by atomic mass is 9.79. The highest BCUT2D eigenvalue weighted by atomic mass is 16.4. The summed E-state index contributed by atoms with van der Waals surface area (Å²) in [7, 11) is 0. The largest absolute Gasteiger partial charge is 0.456 e. The van der Waals surface area contributed by atoms with Gasteiger partial charge < -0.3 is 14.6 Å². The van der Waals surface area contributed by atoms with Gasteiger partial charge in [-0.25, -0.2) is 0 Å². The number of amides is 2. The third-order valence-electron chi connectivity index (χ3n) is 6.26. The van der Waals surface area contributed by atoms with Crippen molar-refractivity contribution in [2.45, 2.75) is 52.0 Å². The Bertz CT molecular complexity index is 692. The van der Waals surface area contributed by atoms with Crippen LogP contribution in [0.15, 0.2) is 10.5 Å². The van der Waals surface area contributed by atoms with E-state index in [9.17, 15) is 9.59 Å². The van der Waals surface area contributed by atoms with Crippen LogP contribution in [0, 0.1) is 5.41 Å². The van der Waals surface area contributed by atoms with Crippen LogP contribution in [0.25, 0.3) is 0 Å². The van der Waals surface area contributed by atoms with Gasteiger partial charge >= 0.3 is 0 Å². The smallest absolute Gasteiger partial charge is 0.289 e. The molecule has 6 heteroatoms. The first-order valence-corrected chi connectivity index (χ1v) is 10.0. The molecular weight excluding hydrogens is 330 g/mol. The van der Waals surface area contributed by atoms with Gasteiger partial charge in [0.25, 0.3) is 5.91 Å². The van der Waals surface area contributed by atoms with Crippen molar-refractivity contribution in [1.29, 1.82) is 0 Å². The molecule has 1 aromatic heterocycles. The molecule has 0 aliphatic carbocycles. The molecule has 3 saturated heterocycles. The minimum absolute atomic E-state index is 0.0670. The Balaban J connectivity index is 1.48. The molecular formula is C20H29N3O3. The number of hydrogen-bond donors (Lipinski definition) is 1. The Labute approximate surface area is 154 Å². The van der Waals surface area contributed by atoms with Gasteiger partial charge in [0.05, 0.1) is 5.41 Å². The molecule has 0 aromatic carbocycles. The number of rotatable bonds is 4. The lowest BCUT2D eigenvalue weighted by Crippen LogP contribution is -2.47. The zero-order chi connectivity index (χ0) is 18.1. The molecule has 0 saturated carbocycles. The Kier molecular flexibility index (Phi) is 4.78. The Morgan fingerprint density at radius 1 is 1.23 bits per heavy atom. The second-order valence-electron chi connectivity index (χ2n) is 8.01. The van der Waals surface area contributed by atoms with Gasteiger partial charge in [0.1, 0.15) is 5.76 Å². The summed E-state index contributed by atoms with van der Waals surface area (Å²) in [6, 6.07) is 1.94. The van der Waals surface area contributed by atoms with E-state index in [1.54, 1.807) is 0 Å². The van der Waals surface area contributed by atoms with Crippen LogP contribution in [0.1, 0.15) is 60.9 Å². The molecule has 1 N–H and O–H groups in total. The van der Waals surface area contributed by atoms with E-state index < -0.39 is 0 Å². The standard InChI is InChI=1S/C20H29N3O3/c1-2-16-15(13-22-9-3-4-10-22)12-17(26-16)18(24)23-11-7-20(14-23)6-5-8-21-19(20)25/h12H,2-11,13-14H2,1H3,(H,21,25). The lowest BCUT2D eigenvalue weighted by molar-refractivity contribution is -0.132. The second kappa shape index (κ2) is 7.06. The highest BCUT2D eigenvalue weighted by molar-refractivity contribution is 5.93. The predicted molar refractivity (Wildman–Crippen MR) is 97.8 cm³/mol. The highest BCUT2D eigenvalue weighted by Gasteiger charge is 2.47. The van der Waals surface area contributed by atoms with E-state index in [1.165, 1.54) is 12.8 Å². The van der Waals surface area contributed by atoms with E-state index in [0.29, 0.717) is 18.8 Å². The van der Waals surface area contributed by atoms with Crippen LogP contribution < -0.4 is 5.32 Å². The molecule has 1 unspecified atom stereocenters. The fourth-order valence-electron chi connectivity index (χ4n) is 4.71. The average Bonchev–Trinajstić information content (AvgIpc) is 3.38. The molecule has 0 bridgehead atoms. The maximum atomic E-state index is 13.0. The van der Waals surface area contributed by atoms with Gasteiger partial charge in [-0.2, -0.15) is 0 Å². The summed E-state index contributed by atoms with van der Waals surface area (Å²) in [5, 5.41) is 2.97. The van der Waals surface area contributed by atoms with Gasteiger partial charge in [-0.1, -0.05) is 6.92 Å². The summed E-state index contributed by atoms with van der Waals surface area (Å²) in [6.45, 7) is 7.09. The van der Waals surface area contributed by atoms with E-state index in [0.717, 1.165) is 63.2 Å². The van der Waals surface area contributed by atoms with Crippen molar-refractivity contribution in [1.82, 2.24) is 15.1 Å². The quantitative estimate of drug-likeness (QED) is 0.895. The first kappa shape index (κ1) is 17.6. The molecule has 26 heavy (non-hydrogen) atoms. The van der Waals surface area contributed by atoms with Gasteiger partial charge in [0.15, 0.2) is 5.76 Å². The van der Waals surface area contributed by atoms with Crippen molar-refractivity contribution in [3.05, 3.63) is 23.2 Å². The van der Waals surface area contributed by atoms with Gasteiger partial charge in [0.2, 0.25) is 5.91 Å². The van der Waals surface area contributed by atoms with Crippen LogP contribution in [0.3, 0.4) is 0 Å². The summed E-state index contributed by atoms with van der Waals surface area (Å²) in [5.41, 5.74) is 0.758. The van der Waals surface area contributed by atoms with Crippen LogP contribution in [-0.2, 0) is 17.8 Å². The zero-order valence-corrected chi connectivity index (χ0v) is 15.7. The lowest BCUT2D eigenvalue weighted by Gasteiger charge is -2.31. The summed E-state index contributed by atoms with van der Waals surface area (Å²) in [5.74, 6) is 1.40. The molecule has 1 spiro atoms. The Morgan fingerprint density at radius 2 is 2.04 bits per heavy atom. The maximum Gasteiger partial charge on any atom is 0.289 e. The van der Waals surface area contributed by atoms with Gasteiger partial charge in [-0.05, 0) is 51.3 Å². The van der Waals surface area contributed by atoms with Gasteiger partial charge in [0, 0.05) is 38.2 Å². The molecule has 4 heterocycles. The first-order valence-electron chi connectivity index (χ1n) is 10.0. The van der Waals surface area contributed by atoms with Crippen molar-refractivity contribution < 1.29 is 14.0 Å². The highest BCUT2D eigenvalue weighted by Crippen LogP contribution is 2.38. The third-order valence-corrected chi connectivity index (χ3v) is 6.26. The molecule has 1 aromatic rings. The number of piperidine rings is 1. The van der Waals surface area contributed by atoms with Gasteiger partial charge in [-0.3, -0.25) is 14.5 Å². The number of likely N-dealkylation sites (tertiary alicyclic amines) is 2. The van der Waals surface area contributed by atoms with Crippen molar-refractivity contribution in [2.24, 2.45) is 5.41 Å². The first-order chi connectivity index (χ1) is 12.6. The molecule has 142 valence electrons. The van der Waals surface area contributed by atoms with Crippen LogP contribution in [-0.4, -0.2) is 54.3 Å². The molecule has 6 nitrogen and oxygen atoms in total. The minimum Gasteiger partial charge on any atom is -0.456 e. The van der Waals surface area contributed by atoms with Crippen LogP contribution in [0.5, 0.6) is 0 Å². The molecule has 2 amide bonds. The SMILES string of the molecule is CCc1oc(C(=O)N2CCC3(CCCNC3=O)C2)cc1CN1CCCC1. The monoisotopic (exact) mass is 359 g/mol. The molecule has 3 aliphatic rings. The number of carbonyl (C=O) groups is 2. The fraction of sp³-hybridized carbons (Fsp3) is 0.700. The molecule has 0 radical (unpaired) electrons. The zero-order valence-electron chi connectivity index (χ0n) is 15.7. The van der Waals surface area contributed by atoms with E-state index >= 15 is 0 Å². The number of carbonyl (C=O) groups excluding carboxylic acids is 2. The summed E-state index contributed by atoms with van der Waals surface area (Å²) in [6.07, 6.45) is 5.93. The van der Waals surface area contributed by atoms with E-state index in [1.807, 2.05) is 11.0 Å². The second-order valence-corrected chi connectivity index (χ2v) is 8.01. The van der Waals surface area contributed by atoms with Crippen LogP contribution in [0.2, 0.25) is 0 Å². The number of furan rings is 1. The van der Waals surface area contributed by atoms with Crippen molar-refractivity contribution >= 4 is 11.8 Å². The number of nitrogens with zero attached hydrogens (tertiary/aromatic N) is 2. The average molecular weight is 359 g/mol. The molecule has 3 aliphatic heterocycles. The Morgan fingerprint density at radius 3 is 2.77 bits per heavy atom. The fourth-order valence-corrected chi connectivity index (χ4v) is 4.71. The van der Waals surface area contributed by atoms with E-state index in [4.69, 9.17) is 4.42 Å².